The van der Waals surface area contributed by atoms with E-state index < -0.39 is 0 Å². The van der Waals surface area contributed by atoms with E-state index in [1.54, 1.807) is 0 Å². The molecule has 0 radical (unpaired) electrons. The molecule has 0 bridgehead atoms. The Bertz CT molecular complexity index is 1560. The number of benzene rings is 4. The lowest BCUT2D eigenvalue weighted by atomic mass is 9.67. The van der Waals surface area contributed by atoms with Crippen LogP contribution in [-0.2, 0) is 10.8 Å². The molecule has 2 aliphatic heterocycles. The minimum atomic E-state index is -0.139. The van der Waals surface area contributed by atoms with Gasteiger partial charge in [-0.25, -0.2) is 0 Å². The minimum absolute atomic E-state index is 0.0453. The van der Waals surface area contributed by atoms with E-state index in [2.05, 4.69) is 129 Å². The molecule has 3 nitrogen and oxygen atoms in total. The first-order valence-electron chi connectivity index (χ1n) is 17.9. The lowest BCUT2D eigenvalue weighted by molar-refractivity contribution is 0.235. The molecular weight excluding hydrogens is 546 g/mol. The molecule has 3 heteroatoms. The smallest absolute Gasteiger partial charge is 0.0485 e. The molecule has 2 aliphatic rings. The van der Waals surface area contributed by atoms with Crippen molar-refractivity contribution in [1.29, 1.82) is 0 Å². The van der Waals surface area contributed by atoms with Gasteiger partial charge in [0.05, 0.1) is 0 Å². The first-order chi connectivity index (χ1) is 21.9. The summed E-state index contributed by atoms with van der Waals surface area (Å²) < 4.78 is 0. The number of rotatable bonds is 13. The van der Waals surface area contributed by atoms with Crippen LogP contribution >= 0.6 is 0 Å². The summed E-state index contributed by atoms with van der Waals surface area (Å²) in [5, 5.41) is 5.43. The SMILES string of the molecule is CC(C)C(C=NCC(CCN1CCCC1)(c1cccc2ccccc12)C(C)C)(CCN1CCCC1)c1cccc2ccccc12. The Morgan fingerprint density at radius 1 is 0.600 bits per heavy atom. The van der Waals surface area contributed by atoms with Gasteiger partial charge in [-0.1, -0.05) is 113 Å². The van der Waals surface area contributed by atoms with E-state index in [0.717, 1.165) is 32.5 Å². The molecule has 45 heavy (non-hydrogen) atoms. The predicted molar refractivity (Wildman–Crippen MR) is 195 cm³/mol. The van der Waals surface area contributed by atoms with E-state index >= 15 is 0 Å². The van der Waals surface area contributed by atoms with E-state index in [9.17, 15) is 0 Å². The first-order valence-corrected chi connectivity index (χ1v) is 17.9. The molecule has 0 aromatic heterocycles. The topological polar surface area (TPSA) is 18.8 Å². The third-order valence-electron chi connectivity index (χ3n) is 11.6. The van der Waals surface area contributed by atoms with E-state index in [1.165, 1.54) is 84.5 Å². The summed E-state index contributed by atoms with van der Waals surface area (Å²) in [6.07, 6.45) is 9.99. The standard InChI is InChI=1S/C42H55N3/c1-33(2)41(23-29-44-25-9-10-26-44,39-21-13-17-35-15-5-7-19-37(35)39)31-43-32-42(34(3)4,24-30-45-27-11-12-28-45)40-22-14-18-36-16-6-8-20-38(36)40/h5-8,13-22,31,33-34H,9-12,23-30,32H2,1-4H3. The van der Waals surface area contributed by atoms with Crippen molar-refractivity contribution < 1.29 is 0 Å². The van der Waals surface area contributed by atoms with E-state index in [-0.39, 0.29) is 10.8 Å². The summed E-state index contributed by atoms with van der Waals surface area (Å²) in [5.41, 5.74) is 2.73. The molecular formula is C42H55N3. The molecule has 2 unspecified atom stereocenters. The van der Waals surface area contributed by atoms with Crippen LogP contribution in [0.4, 0.5) is 0 Å². The van der Waals surface area contributed by atoms with E-state index in [4.69, 9.17) is 4.99 Å². The van der Waals surface area contributed by atoms with Crippen LogP contribution < -0.4 is 0 Å². The molecule has 2 saturated heterocycles. The molecule has 0 spiro atoms. The molecule has 4 aromatic carbocycles. The van der Waals surface area contributed by atoms with Crippen molar-refractivity contribution in [3.63, 3.8) is 0 Å². The Morgan fingerprint density at radius 2 is 1.09 bits per heavy atom. The second kappa shape index (κ2) is 14.2. The average molecular weight is 602 g/mol. The van der Waals surface area contributed by atoms with Crippen molar-refractivity contribution in [2.45, 2.75) is 77.0 Å². The Kier molecular flexibility index (Phi) is 10.1. The van der Waals surface area contributed by atoms with Crippen molar-refractivity contribution >= 4 is 27.8 Å². The van der Waals surface area contributed by atoms with Crippen LogP contribution in [0.15, 0.2) is 89.9 Å². The van der Waals surface area contributed by atoms with E-state index in [0.29, 0.717) is 11.8 Å². The molecule has 4 aromatic rings. The van der Waals surface area contributed by atoms with Crippen LogP contribution in [0, 0.1) is 11.8 Å². The summed E-state index contributed by atoms with van der Waals surface area (Å²) in [4.78, 5) is 11.0. The van der Waals surface area contributed by atoms with Crippen molar-refractivity contribution in [2.24, 2.45) is 16.8 Å². The zero-order valence-corrected chi connectivity index (χ0v) is 28.3. The molecule has 2 atom stereocenters. The molecule has 2 heterocycles. The average Bonchev–Trinajstić information content (AvgIpc) is 3.79. The molecule has 0 amide bonds. The number of hydrogen-bond acceptors (Lipinski definition) is 3. The fourth-order valence-electron chi connectivity index (χ4n) is 8.47. The van der Waals surface area contributed by atoms with Crippen molar-refractivity contribution in [2.75, 3.05) is 45.8 Å². The molecule has 0 aliphatic carbocycles. The summed E-state index contributed by atoms with van der Waals surface area (Å²) in [7, 11) is 0. The largest absolute Gasteiger partial charge is 0.303 e. The van der Waals surface area contributed by atoms with Gasteiger partial charge in [0.25, 0.3) is 0 Å². The quantitative estimate of drug-likeness (QED) is 0.142. The zero-order chi connectivity index (χ0) is 31.3. The highest BCUT2D eigenvalue weighted by molar-refractivity contribution is 5.91. The number of fused-ring (bicyclic) bond motifs is 2. The normalized spacial score (nSPS) is 19.3. The van der Waals surface area contributed by atoms with Crippen molar-refractivity contribution in [1.82, 2.24) is 9.80 Å². The summed E-state index contributed by atoms with van der Waals surface area (Å²) in [6, 6.07) is 31.9. The fourth-order valence-corrected chi connectivity index (χ4v) is 8.47. The maximum atomic E-state index is 5.65. The Balaban J connectivity index is 1.44. The third-order valence-corrected chi connectivity index (χ3v) is 11.6. The maximum Gasteiger partial charge on any atom is 0.0485 e. The zero-order valence-electron chi connectivity index (χ0n) is 28.3. The monoisotopic (exact) mass is 601 g/mol. The van der Waals surface area contributed by atoms with Crippen molar-refractivity contribution in [3.8, 4) is 0 Å². The number of aliphatic imine (C=N–C) groups is 1. The van der Waals surface area contributed by atoms with Gasteiger partial charge in [0, 0.05) is 23.6 Å². The first kappa shape index (κ1) is 32.0. The molecule has 2 fully saturated rings. The van der Waals surface area contributed by atoms with Crippen LogP contribution in [0.2, 0.25) is 0 Å². The molecule has 0 saturated carbocycles. The van der Waals surface area contributed by atoms with Gasteiger partial charge in [-0.05, 0) is 122 Å². The highest BCUT2D eigenvalue weighted by Gasteiger charge is 2.39. The van der Waals surface area contributed by atoms with Gasteiger partial charge in [-0.2, -0.15) is 0 Å². The molecule has 0 N–H and O–H groups in total. The number of hydrogen-bond donors (Lipinski definition) is 0. The van der Waals surface area contributed by atoms with Crippen LogP contribution in [0.5, 0.6) is 0 Å². The van der Waals surface area contributed by atoms with Crippen LogP contribution in [0.3, 0.4) is 0 Å². The number of nitrogens with zero attached hydrogens (tertiary/aromatic N) is 3. The maximum absolute atomic E-state index is 5.65. The van der Waals surface area contributed by atoms with Gasteiger partial charge in [-0.15, -0.1) is 0 Å². The Labute approximate surface area is 272 Å². The Morgan fingerprint density at radius 3 is 1.64 bits per heavy atom. The fraction of sp³-hybridized carbons (Fsp3) is 0.500. The van der Waals surface area contributed by atoms with Gasteiger partial charge >= 0.3 is 0 Å². The number of likely N-dealkylation sites (tertiary alicyclic amines) is 2. The highest BCUT2D eigenvalue weighted by Crippen LogP contribution is 2.42. The van der Waals surface area contributed by atoms with Crippen molar-refractivity contribution in [3.05, 3.63) is 96.1 Å². The molecule has 6 rings (SSSR count). The van der Waals surface area contributed by atoms with Crippen LogP contribution in [-0.4, -0.2) is 61.8 Å². The van der Waals surface area contributed by atoms with Gasteiger partial charge < -0.3 is 9.80 Å². The predicted octanol–water partition coefficient (Wildman–Crippen LogP) is 9.52. The Hall–Kier alpha value is -3.01. The lowest BCUT2D eigenvalue weighted by Gasteiger charge is -2.41. The minimum Gasteiger partial charge on any atom is -0.303 e. The van der Waals surface area contributed by atoms with E-state index in [1.807, 2.05) is 0 Å². The second-order valence-corrected chi connectivity index (χ2v) is 14.6. The highest BCUT2D eigenvalue weighted by atomic mass is 15.1. The van der Waals surface area contributed by atoms with Crippen LogP contribution in [0.1, 0.15) is 77.3 Å². The van der Waals surface area contributed by atoms with Crippen LogP contribution in [0.25, 0.3) is 21.5 Å². The van der Waals surface area contributed by atoms with Gasteiger partial charge in [0.2, 0.25) is 0 Å². The summed E-state index contributed by atoms with van der Waals surface area (Å²) >= 11 is 0. The third kappa shape index (κ3) is 6.62. The second-order valence-electron chi connectivity index (χ2n) is 14.6. The van der Waals surface area contributed by atoms with Gasteiger partial charge in [-0.3, -0.25) is 4.99 Å². The molecule has 238 valence electrons. The van der Waals surface area contributed by atoms with Gasteiger partial charge in [0.1, 0.15) is 0 Å². The summed E-state index contributed by atoms with van der Waals surface area (Å²) in [5.74, 6) is 0.879. The summed E-state index contributed by atoms with van der Waals surface area (Å²) in [6.45, 7) is 17.7. The lowest BCUT2D eigenvalue weighted by Crippen LogP contribution is -2.41. The van der Waals surface area contributed by atoms with Gasteiger partial charge in [0.15, 0.2) is 0 Å².